The van der Waals surface area contributed by atoms with Crippen molar-refractivity contribution in [2.45, 2.75) is 259 Å². The summed E-state index contributed by atoms with van der Waals surface area (Å²) in [6, 6.07) is 97.9. The molecular formula is C116H158N22O4. The van der Waals surface area contributed by atoms with E-state index in [0.717, 1.165) is 115 Å². The third-order valence-corrected chi connectivity index (χ3v) is 19.7. The Morgan fingerprint density at radius 3 is 1.10 bits per heavy atom. The van der Waals surface area contributed by atoms with Crippen molar-refractivity contribution >= 4 is 99.6 Å². The maximum Gasteiger partial charge on any atom is 0.124 e. The Kier molecular flexibility index (Phi) is 62.1. The first-order valence-corrected chi connectivity index (χ1v) is 49.4. The fraction of sp³-hybridized carbons (Fsp3) is 0.457. The molecule has 3 aliphatic heterocycles. The van der Waals surface area contributed by atoms with Crippen molar-refractivity contribution in [3.8, 4) is 11.5 Å². The highest BCUT2D eigenvalue weighted by Gasteiger charge is 2.17. The molecule has 0 N–H and O–H groups in total. The number of morpholine rings is 2. The lowest BCUT2D eigenvalue weighted by atomic mass is 10.1. The third-order valence-electron chi connectivity index (χ3n) is 19.7. The first-order chi connectivity index (χ1) is 68.3. The molecule has 0 bridgehead atoms. The fourth-order valence-electron chi connectivity index (χ4n) is 12.2. The highest BCUT2D eigenvalue weighted by molar-refractivity contribution is 5.72. The van der Waals surface area contributed by atoms with Gasteiger partial charge in [-0.15, -0.1) is 0 Å². The summed E-state index contributed by atoms with van der Waals surface area (Å²) in [4.78, 5) is 83.3. The maximum atomic E-state index is 5.40. The first kappa shape index (κ1) is 120. The Morgan fingerprint density at radius 1 is 0.296 bits per heavy atom. The summed E-state index contributed by atoms with van der Waals surface area (Å²) in [7, 11) is 7.35. The van der Waals surface area contributed by atoms with Gasteiger partial charge in [-0.05, 0) is 290 Å². The summed E-state index contributed by atoms with van der Waals surface area (Å²) in [5.74, 6) is 1.72. The topological polar surface area (TPSA) is 272 Å². The Labute approximate surface area is 849 Å². The fourth-order valence-corrected chi connectivity index (χ4v) is 12.2. The molecule has 3 saturated heterocycles. The van der Waals surface area contributed by atoms with Crippen LogP contribution >= 0.6 is 0 Å². The SMILES string of the molecule is CC(C)N=C=NCc1ccccc1.CC(C)N=C=Nc1ccc(N(C)C)cc1.CC(C)N=C=Nc1ccc(N2CCCCC2)cc1.CC(C)N=C=Nc1ccccc1N1CCOCC1.COc1cc(C)ccc1CN=C=NC(C)C.COc1ccccc1CN=C=NC(C)C.Cc1ccc(CN=C=NC(C)C)cc1.Cc1ccc(N=C=NC(C)C)c(N2CCOCC2)c1.Cc1ccccc1CN=C=NC(C)C. The second kappa shape index (κ2) is 73.3. The average Bonchev–Trinajstić information content (AvgIpc) is 0.830. The van der Waals surface area contributed by atoms with Gasteiger partial charge in [-0.3, -0.25) is 0 Å². The number of hydrogen-bond donors (Lipinski definition) is 0. The number of nitrogens with zero attached hydrogens (tertiary/aromatic N) is 22. The monoisotopic (exact) mass is 1920 g/mol. The number of aliphatic imine (C=N–C) groups is 18. The quantitative estimate of drug-likeness (QED) is 0.0406. The van der Waals surface area contributed by atoms with E-state index >= 15 is 0 Å². The van der Waals surface area contributed by atoms with E-state index in [4.69, 9.17) is 18.9 Å². The summed E-state index contributed by atoms with van der Waals surface area (Å²) in [6.45, 7) is 56.6. The maximum absolute atomic E-state index is 5.40. The molecule has 3 heterocycles. The molecule has 0 atom stereocenters. The van der Waals surface area contributed by atoms with Gasteiger partial charge in [-0.2, -0.15) is 20.0 Å². The number of ether oxygens (including phenoxy) is 4. The molecule has 0 saturated carbocycles. The molecule has 26 heteroatoms. The molecule has 9 aromatic rings. The van der Waals surface area contributed by atoms with Gasteiger partial charge in [0.1, 0.15) is 11.5 Å². The van der Waals surface area contributed by atoms with Gasteiger partial charge in [0, 0.05) is 75.9 Å². The lowest BCUT2D eigenvalue weighted by molar-refractivity contribution is 0.122. The number of methoxy groups -OCH3 is 2. The van der Waals surface area contributed by atoms with Gasteiger partial charge in [0.15, 0.2) is 0 Å². The predicted octanol–water partition coefficient (Wildman–Crippen LogP) is 27.4. The summed E-state index contributed by atoms with van der Waals surface area (Å²) in [6.07, 6.45) is 3.98. The average molecular weight is 1920 g/mol. The van der Waals surface area contributed by atoms with Gasteiger partial charge in [-0.25, -0.2) is 69.9 Å². The van der Waals surface area contributed by atoms with Crippen LogP contribution in [0.2, 0.25) is 0 Å². The number of benzene rings is 9. The molecule has 756 valence electrons. The number of rotatable bonds is 29. The standard InChI is InChI=1S/C15H21N3O.C15H21N3.C14H19N3O.C13H18N2O.C12H17N3.C12H16N2O.2C12H16N2.C11H14N2/c1-12(2)16-11-17-14-5-4-13(3)10-15(14)18-6-8-19-9-7-18;1-13(2)16-12-17-14-6-8-15(9-7-14)18-10-4-3-5-11-18;1-12(2)15-11-16-13-5-3-4-6-14(13)17-7-9-18-10-8-17;1-10(2)15-9-14-8-12-6-5-11(3)7-13(12)16-4;1-10(2)13-9-14-11-5-7-12(8-6-11)15(3)4;1-10(2)14-9-13-8-11-6-4-5-7-12(11)15-3;1-10(2)14-9-13-8-12-6-4-11(3)5-7-12;1-10(2)14-9-13-8-12-7-5-4-6-11(12)3;1-10(2)13-9-12-8-11-6-4-3-5-7-11/h4-5,10,12H,6-9H2,1-3H3;6-9,13H,3-5,10-11H2,1-2H3;3-6,12H,7-10H2,1-2H3;5-7,10H,8H2,1-4H3;5-8,10H,1-4H3;4-7,10H,8H2,1-3H3;2*4-7,10H,8H2,1-3H3;3-7,10H,8H2,1-2H3. The van der Waals surface area contributed by atoms with Gasteiger partial charge in [0.2, 0.25) is 0 Å². The van der Waals surface area contributed by atoms with Crippen LogP contribution in [0.5, 0.6) is 11.5 Å². The minimum atomic E-state index is 0.223. The molecule has 26 nitrogen and oxygen atoms in total. The van der Waals surface area contributed by atoms with Crippen LogP contribution < -0.4 is 29.1 Å². The van der Waals surface area contributed by atoms with Gasteiger partial charge in [0.05, 0.1) is 216 Å². The minimum Gasteiger partial charge on any atom is -0.496 e. The van der Waals surface area contributed by atoms with Crippen LogP contribution in [-0.2, 0) is 42.2 Å². The van der Waals surface area contributed by atoms with Crippen molar-refractivity contribution in [1.29, 1.82) is 0 Å². The molecule has 0 unspecified atom stereocenters. The van der Waals surface area contributed by atoms with Crippen LogP contribution in [-0.4, -0.2) is 202 Å². The van der Waals surface area contributed by atoms with E-state index in [0.29, 0.717) is 32.7 Å². The van der Waals surface area contributed by atoms with Crippen molar-refractivity contribution in [2.24, 2.45) is 89.9 Å². The smallest absolute Gasteiger partial charge is 0.124 e. The van der Waals surface area contributed by atoms with Crippen molar-refractivity contribution in [1.82, 2.24) is 0 Å². The molecule has 0 amide bonds. The number of piperidine rings is 1. The van der Waals surface area contributed by atoms with Crippen molar-refractivity contribution in [3.05, 3.63) is 262 Å². The molecule has 0 spiro atoms. The summed E-state index contributed by atoms with van der Waals surface area (Å²) in [5, 5.41) is 0. The molecule has 142 heavy (non-hydrogen) atoms. The number of aryl methyl sites for hydroxylation is 4. The van der Waals surface area contributed by atoms with Crippen LogP contribution in [0.25, 0.3) is 0 Å². The zero-order chi connectivity index (χ0) is 104. The van der Waals surface area contributed by atoms with E-state index in [-0.39, 0.29) is 54.4 Å². The highest BCUT2D eigenvalue weighted by Crippen LogP contribution is 2.32. The summed E-state index contributed by atoms with van der Waals surface area (Å²) < 4.78 is 21.3. The van der Waals surface area contributed by atoms with Gasteiger partial charge >= 0.3 is 0 Å². The molecule has 12 rings (SSSR count). The molecule has 3 aliphatic rings. The number of anilines is 4. The lowest BCUT2D eigenvalue weighted by Crippen LogP contribution is -2.36. The molecule has 0 aliphatic carbocycles. The van der Waals surface area contributed by atoms with E-state index < -0.39 is 0 Å². The normalized spacial score (nSPS) is 11.9. The molecule has 3 fully saturated rings. The third kappa shape index (κ3) is 57.0. The second-order valence-corrected chi connectivity index (χ2v) is 36.1. The van der Waals surface area contributed by atoms with E-state index in [9.17, 15) is 0 Å². The summed E-state index contributed by atoms with van der Waals surface area (Å²) in [5.41, 5.74) is 19.1. The molecular weight excluding hydrogens is 1770 g/mol. The zero-order valence-corrected chi connectivity index (χ0v) is 89.6. The first-order valence-electron chi connectivity index (χ1n) is 49.4. The van der Waals surface area contributed by atoms with Crippen LogP contribution in [0.1, 0.15) is 194 Å². The van der Waals surface area contributed by atoms with Crippen LogP contribution in [0, 0.1) is 27.7 Å². The van der Waals surface area contributed by atoms with Gasteiger partial charge in [-0.1, -0.05) is 133 Å². The van der Waals surface area contributed by atoms with E-state index in [1.54, 1.807) is 14.2 Å². The minimum absolute atomic E-state index is 0.223. The van der Waals surface area contributed by atoms with Crippen molar-refractivity contribution in [3.63, 3.8) is 0 Å². The summed E-state index contributed by atoms with van der Waals surface area (Å²) >= 11 is 0. The van der Waals surface area contributed by atoms with E-state index in [2.05, 4.69) is 251 Å². The lowest BCUT2D eigenvalue weighted by Gasteiger charge is -2.29. The van der Waals surface area contributed by atoms with Crippen LogP contribution in [0.3, 0.4) is 0 Å². The number of hydrogen-bond acceptors (Lipinski definition) is 26. The van der Waals surface area contributed by atoms with Crippen molar-refractivity contribution < 1.29 is 18.9 Å². The Bertz CT molecular complexity index is 5670. The Morgan fingerprint density at radius 2 is 0.648 bits per heavy atom. The Balaban J connectivity index is 0.000000334. The predicted molar refractivity (Wildman–Crippen MR) is 599 cm³/mol. The molecule has 0 radical (unpaired) electrons. The van der Waals surface area contributed by atoms with E-state index in [1.165, 1.54) is 77.0 Å². The number of para-hydroxylation sites is 3. The zero-order valence-electron chi connectivity index (χ0n) is 89.6. The molecule has 0 aromatic heterocycles. The largest absolute Gasteiger partial charge is 0.496 e. The van der Waals surface area contributed by atoms with Crippen LogP contribution in [0.4, 0.5) is 45.5 Å². The second-order valence-electron chi connectivity index (χ2n) is 36.1. The Hall–Kier alpha value is -13.9. The van der Waals surface area contributed by atoms with E-state index in [1.807, 2.05) is 291 Å². The van der Waals surface area contributed by atoms with Crippen LogP contribution in [0.15, 0.2) is 302 Å². The van der Waals surface area contributed by atoms with Crippen molar-refractivity contribution in [2.75, 3.05) is 114 Å². The molecule has 9 aromatic carbocycles. The van der Waals surface area contributed by atoms with Gasteiger partial charge in [0.25, 0.3) is 0 Å². The van der Waals surface area contributed by atoms with Gasteiger partial charge < -0.3 is 38.5 Å². The highest BCUT2D eigenvalue weighted by atomic mass is 16.5.